The van der Waals surface area contributed by atoms with E-state index in [0.29, 0.717) is 29.6 Å². The van der Waals surface area contributed by atoms with Gasteiger partial charge in [0.25, 0.3) is 17.6 Å². The van der Waals surface area contributed by atoms with Gasteiger partial charge in [-0.15, -0.1) is 0 Å². The van der Waals surface area contributed by atoms with Gasteiger partial charge >= 0.3 is 11.9 Å². The molecule has 0 unspecified atom stereocenters. The van der Waals surface area contributed by atoms with Gasteiger partial charge in [0.15, 0.2) is 6.61 Å². The van der Waals surface area contributed by atoms with Crippen molar-refractivity contribution in [2.24, 2.45) is 5.73 Å². The van der Waals surface area contributed by atoms with Gasteiger partial charge in [-0.05, 0) is 24.1 Å². The second-order valence-corrected chi connectivity index (χ2v) is 8.30. The Labute approximate surface area is 218 Å². The van der Waals surface area contributed by atoms with Gasteiger partial charge in [-0.1, -0.05) is 43.3 Å². The van der Waals surface area contributed by atoms with Gasteiger partial charge in [-0.25, -0.2) is 4.79 Å². The molecule has 11 heteroatoms. The molecule has 3 aromatic rings. The first-order valence-electron chi connectivity index (χ1n) is 11.8. The van der Waals surface area contributed by atoms with Crippen LogP contribution in [0.4, 0.5) is 0 Å². The van der Waals surface area contributed by atoms with Gasteiger partial charge in [0.05, 0.1) is 37.1 Å². The number of nitrogens with one attached hydrogen (secondary N) is 1. The molecule has 38 heavy (non-hydrogen) atoms. The van der Waals surface area contributed by atoms with Crippen LogP contribution in [0.25, 0.3) is 10.9 Å². The molecule has 200 valence electrons. The van der Waals surface area contributed by atoms with Crippen LogP contribution in [0.3, 0.4) is 0 Å². The van der Waals surface area contributed by atoms with Crippen molar-refractivity contribution in [1.82, 2.24) is 9.88 Å². The number of fused-ring (bicyclic) bond motifs is 1. The van der Waals surface area contributed by atoms with Gasteiger partial charge in [0, 0.05) is 12.2 Å². The van der Waals surface area contributed by atoms with E-state index >= 15 is 0 Å². The lowest BCUT2D eigenvalue weighted by molar-refractivity contribution is -0.150. The Hall–Kier alpha value is -4.67. The molecule has 0 fully saturated rings. The molecule has 3 N–H and O–H groups in total. The van der Waals surface area contributed by atoms with Crippen molar-refractivity contribution in [3.63, 3.8) is 0 Å². The highest BCUT2D eigenvalue weighted by molar-refractivity contribution is 6.45. The molecule has 1 atom stereocenters. The molecule has 2 amide bonds. The molecular weight excluding hydrogens is 494 g/mol. The van der Waals surface area contributed by atoms with Gasteiger partial charge < -0.3 is 29.8 Å². The van der Waals surface area contributed by atoms with Crippen LogP contribution in [0, 0.1) is 0 Å². The maximum absolute atomic E-state index is 13.0. The third-order valence-corrected chi connectivity index (χ3v) is 5.91. The van der Waals surface area contributed by atoms with Crippen LogP contribution in [-0.2, 0) is 41.6 Å². The predicted octanol–water partition coefficient (Wildman–Crippen LogP) is 1.52. The van der Waals surface area contributed by atoms with E-state index in [1.54, 1.807) is 18.2 Å². The molecule has 0 aliphatic heterocycles. The number of carbonyl (C=O) groups excluding carboxylic acids is 5. The highest BCUT2D eigenvalue weighted by Crippen LogP contribution is 2.35. The number of hydrogen-bond donors (Lipinski definition) is 2. The number of nitrogens with zero attached hydrogens (tertiary/aromatic N) is 1. The number of methoxy groups -OCH3 is 2. The fraction of sp³-hybridized carbons (Fsp3) is 0.296. The van der Waals surface area contributed by atoms with E-state index in [-0.39, 0.29) is 11.3 Å². The summed E-state index contributed by atoms with van der Waals surface area (Å²) in [6.07, 6.45) is -0.00587. The zero-order valence-electron chi connectivity index (χ0n) is 21.3. The third-order valence-electron chi connectivity index (χ3n) is 5.91. The normalized spacial score (nSPS) is 11.4. The Morgan fingerprint density at radius 1 is 0.974 bits per heavy atom. The molecule has 0 spiro atoms. The van der Waals surface area contributed by atoms with E-state index in [4.69, 9.17) is 10.5 Å². The van der Waals surface area contributed by atoms with Crippen LogP contribution in [0.2, 0.25) is 0 Å². The average molecular weight is 524 g/mol. The monoisotopic (exact) mass is 523 g/mol. The standard InChI is InChI=1S/C27H29N3O8/c1-4-18-24(25(33)26(28)34)23-19(30(18)14-16-9-6-5-7-10-16)11-8-12-20(23)38-15-21(31)29-17(27(35)37-3)13-22(32)36-2/h5-12,17H,4,13-15H2,1-3H3,(H2,28,34)(H,29,31)/t17-/m1/s1. The van der Waals surface area contributed by atoms with Crippen molar-refractivity contribution in [2.45, 2.75) is 32.4 Å². The molecule has 0 saturated heterocycles. The number of esters is 2. The van der Waals surface area contributed by atoms with E-state index in [0.717, 1.165) is 19.8 Å². The number of benzene rings is 2. The maximum Gasteiger partial charge on any atom is 0.328 e. The van der Waals surface area contributed by atoms with Crippen molar-refractivity contribution in [3.8, 4) is 5.75 Å². The summed E-state index contributed by atoms with van der Waals surface area (Å²) in [6.45, 7) is 1.73. The Morgan fingerprint density at radius 2 is 1.68 bits per heavy atom. The predicted molar refractivity (Wildman–Crippen MR) is 136 cm³/mol. The van der Waals surface area contributed by atoms with E-state index in [9.17, 15) is 24.0 Å². The minimum absolute atomic E-state index is 0.111. The number of primary amides is 1. The van der Waals surface area contributed by atoms with Gasteiger partial charge in [-0.2, -0.15) is 0 Å². The van der Waals surface area contributed by atoms with Crippen LogP contribution in [-0.4, -0.2) is 61.0 Å². The first-order chi connectivity index (χ1) is 18.2. The number of rotatable bonds is 12. The molecule has 0 aliphatic carbocycles. The summed E-state index contributed by atoms with van der Waals surface area (Å²) in [4.78, 5) is 61.1. The van der Waals surface area contributed by atoms with E-state index in [2.05, 4.69) is 14.8 Å². The molecular formula is C27H29N3O8. The van der Waals surface area contributed by atoms with Crippen LogP contribution < -0.4 is 15.8 Å². The number of ether oxygens (including phenoxy) is 3. The Kier molecular flexibility index (Phi) is 9.20. The molecule has 1 aromatic heterocycles. The third kappa shape index (κ3) is 6.17. The van der Waals surface area contributed by atoms with Crippen molar-refractivity contribution < 1.29 is 38.2 Å². The highest BCUT2D eigenvalue weighted by Gasteiger charge is 2.28. The number of hydrogen-bond acceptors (Lipinski definition) is 8. The number of ketones is 1. The van der Waals surface area contributed by atoms with Gasteiger partial charge in [-0.3, -0.25) is 19.2 Å². The Morgan fingerprint density at radius 3 is 2.29 bits per heavy atom. The lowest BCUT2D eigenvalue weighted by Gasteiger charge is -2.16. The highest BCUT2D eigenvalue weighted by atomic mass is 16.5. The fourth-order valence-corrected chi connectivity index (χ4v) is 4.19. The topological polar surface area (TPSA) is 156 Å². The second kappa shape index (κ2) is 12.5. The van der Waals surface area contributed by atoms with Crippen LogP contribution in [0.15, 0.2) is 48.5 Å². The number of aromatic nitrogens is 1. The molecule has 1 heterocycles. The molecule has 2 aromatic carbocycles. The number of carbonyl (C=O) groups is 5. The molecule has 11 nitrogen and oxygen atoms in total. The minimum Gasteiger partial charge on any atom is -0.483 e. The van der Waals surface area contributed by atoms with Crippen LogP contribution in [0.5, 0.6) is 5.75 Å². The molecule has 0 saturated carbocycles. The zero-order valence-corrected chi connectivity index (χ0v) is 21.3. The first kappa shape index (κ1) is 27.9. The summed E-state index contributed by atoms with van der Waals surface area (Å²) in [5.41, 5.74) is 7.68. The Bertz CT molecular complexity index is 1360. The number of Topliss-reactive ketones (excluding diaryl/α,β-unsaturated/α-hetero) is 1. The summed E-state index contributed by atoms with van der Waals surface area (Å²) < 4.78 is 16.9. The van der Waals surface area contributed by atoms with Crippen LogP contribution in [0.1, 0.15) is 35.0 Å². The summed E-state index contributed by atoms with van der Waals surface area (Å²) in [6, 6.07) is 13.3. The summed E-state index contributed by atoms with van der Waals surface area (Å²) in [7, 11) is 2.28. The quantitative estimate of drug-likeness (QED) is 0.206. The van der Waals surface area contributed by atoms with E-state index in [1.165, 1.54) is 0 Å². The average Bonchev–Trinajstić information content (AvgIpc) is 3.24. The van der Waals surface area contributed by atoms with E-state index in [1.807, 2.05) is 41.8 Å². The lowest BCUT2D eigenvalue weighted by Crippen LogP contribution is -2.44. The van der Waals surface area contributed by atoms with E-state index < -0.39 is 48.6 Å². The van der Waals surface area contributed by atoms with Gasteiger partial charge in [0.2, 0.25) is 0 Å². The summed E-state index contributed by atoms with van der Waals surface area (Å²) in [5, 5.41) is 2.73. The first-order valence-corrected chi connectivity index (χ1v) is 11.8. The van der Waals surface area contributed by atoms with Crippen LogP contribution >= 0.6 is 0 Å². The second-order valence-electron chi connectivity index (χ2n) is 8.30. The van der Waals surface area contributed by atoms with Gasteiger partial charge in [0.1, 0.15) is 11.8 Å². The fourth-order valence-electron chi connectivity index (χ4n) is 4.19. The zero-order chi connectivity index (χ0) is 27.8. The van der Waals surface area contributed by atoms with Crippen molar-refractivity contribution in [2.75, 3.05) is 20.8 Å². The van der Waals surface area contributed by atoms with Crippen molar-refractivity contribution in [1.29, 1.82) is 0 Å². The summed E-state index contributed by atoms with van der Waals surface area (Å²) >= 11 is 0. The molecule has 0 bridgehead atoms. The Balaban J connectivity index is 1.98. The van der Waals surface area contributed by atoms with Crippen molar-refractivity contribution in [3.05, 3.63) is 65.4 Å². The minimum atomic E-state index is -1.27. The summed E-state index contributed by atoms with van der Waals surface area (Å²) in [5.74, 6) is -4.08. The lowest BCUT2D eigenvalue weighted by atomic mass is 10.0. The smallest absolute Gasteiger partial charge is 0.328 e. The molecule has 3 rings (SSSR count). The SMILES string of the molecule is CCc1c(C(=O)C(N)=O)c2c(OCC(=O)N[C@H](CC(=O)OC)C(=O)OC)cccc2n1Cc1ccccc1. The van der Waals surface area contributed by atoms with Crippen molar-refractivity contribution >= 4 is 40.4 Å². The largest absolute Gasteiger partial charge is 0.483 e. The number of nitrogens with two attached hydrogens (primary N) is 1. The number of amides is 2. The molecule has 0 aliphatic rings. The maximum atomic E-state index is 13.0. The molecule has 0 radical (unpaired) electrons.